The molecule has 2 N–H and O–H groups in total. The molecule has 0 unspecified atom stereocenters. The first kappa shape index (κ1) is 14.1. The molecule has 0 bridgehead atoms. The van der Waals surface area contributed by atoms with Gasteiger partial charge in [-0.25, -0.2) is 9.78 Å². The van der Waals surface area contributed by atoms with Crippen molar-refractivity contribution >= 4 is 11.2 Å². The summed E-state index contributed by atoms with van der Waals surface area (Å²) in [5, 5.41) is 0. The molecule has 21 heavy (non-hydrogen) atoms. The molecule has 1 aliphatic carbocycles. The van der Waals surface area contributed by atoms with E-state index in [2.05, 4.69) is 15.0 Å². The molecule has 0 aromatic carbocycles. The van der Waals surface area contributed by atoms with Crippen LogP contribution in [0.5, 0.6) is 0 Å². The molecule has 0 spiro atoms. The Morgan fingerprint density at radius 1 is 1.19 bits per heavy atom. The van der Waals surface area contributed by atoms with Crippen LogP contribution in [-0.2, 0) is 13.0 Å². The summed E-state index contributed by atoms with van der Waals surface area (Å²) in [6, 6.07) is 0. The van der Waals surface area contributed by atoms with Crippen LogP contribution in [0, 0.1) is 5.92 Å². The maximum absolute atomic E-state index is 11.9. The van der Waals surface area contributed by atoms with E-state index in [9.17, 15) is 9.59 Å². The fraction of sp³-hybridized carbons (Fsp3) is 0.667. The first-order valence-electron chi connectivity index (χ1n) is 7.90. The van der Waals surface area contributed by atoms with Crippen LogP contribution in [0.4, 0.5) is 0 Å². The van der Waals surface area contributed by atoms with Gasteiger partial charge in [0.05, 0.1) is 0 Å². The van der Waals surface area contributed by atoms with Crippen molar-refractivity contribution in [3.05, 3.63) is 26.7 Å². The minimum absolute atomic E-state index is 0.370. The third kappa shape index (κ3) is 2.80. The number of hydrogen-bond acceptors (Lipinski definition) is 3. The van der Waals surface area contributed by atoms with Crippen LogP contribution in [0.15, 0.2) is 9.59 Å². The Morgan fingerprint density at radius 3 is 2.67 bits per heavy atom. The maximum atomic E-state index is 11.9. The van der Waals surface area contributed by atoms with E-state index in [1.165, 1.54) is 32.1 Å². The number of hydrogen-bond donors (Lipinski definition) is 2. The molecule has 2 aromatic heterocycles. The minimum Gasteiger partial charge on any atom is -0.336 e. The van der Waals surface area contributed by atoms with Crippen molar-refractivity contribution < 1.29 is 0 Å². The van der Waals surface area contributed by atoms with E-state index in [-0.39, 0.29) is 11.2 Å². The Balaban J connectivity index is 1.98. The lowest BCUT2D eigenvalue weighted by Crippen LogP contribution is -2.30. The van der Waals surface area contributed by atoms with Gasteiger partial charge in [-0.15, -0.1) is 0 Å². The standard InChI is InChI=1S/C15H22N4O2/c1-2-8-19-13-12(14(20)18-15(19)21)16-11(17-13)9-10-6-4-3-5-7-10/h10H,2-9H2,1H3,(H,16,17)(H,18,20,21). The van der Waals surface area contributed by atoms with Gasteiger partial charge in [-0.1, -0.05) is 39.0 Å². The third-order valence-corrected chi connectivity index (χ3v) is 4.34. The van der Waals surface area contributed by atoms with Gasteiger partial charge in [-0.2, -0.15) is 0 Å². The van der Waals surface area contributed by atoms with E-state index in [0.29, 0.717) is 23.6 Å². The van der Waals surface area contributed by atoms with Gasteiger partial charge < -0.3 is 4.98 Å². The van der Waals surface area contributed by atoms with E-state index < -0.39 is 0 Å². The number of fused-ring (bicyclic) bond motifs is 1. The Morgan fingerprint density at radius 2 is 1.95 bits per heavy atom. The van der Waals surface area contributed by atoms with E-state index in [4.69, 9.17) is 0 Å². The largest absolute Gasteiger partial charge is 0.336 e. The quantitative estimate of drug-likeness (QED) is 0.902. The second-order valence-corrected chi connectivity index (χ2v) is 6.00. The molecule has 6 heteroatoms. The van der Waals surface area contributed by atoms with Crippen molar-refractivity contribution in [1.82, 2.24) is 19.5 Å². The Bertz CT molecular complexity index is 734. The summed E-state index contributed by atoms with van der Waals surface area (Å²) >= 11 is 0. The smallest absolute Gasteiger partial charge is 0.330 e. The normalized spacial score (nSPS) is 16.6. The molecule has 1 saturated carbocycles. The molecule has 114 valence electrons. The fourth-order valence-corrected chi connectivity index (χ4v) is 3.28. The Hall–Kier alpha value is -1.85. The zero-order chi connectivity index (χ0) is 14.8. The van der Waals surface area contributed by atoms with Crippen molar-refractivity contribution in [1.29, 1.82) is 0 Å². The number of nitrogens with one attached hydrogen (secondary N) is 2. The van der Waals surface area contributed by atoms with Crippen LogP contribution in [0.3, 0.4) is 0 Å². The number of aryl methyl sites for hydroxylation is 1. The SMILES string of the molecule is CCCn1c(=O)[nH]c(=O)c2[nH]c(CC3CCCCC3)nc21. The predicted molar refractivity (Wildman–Crippen MR) is 81.5 cm³/mol. The van der Waals surface area contributed by atoms with Crippen molar-refractivity contribution in [2.75, 3.05) is 0 Å². The van der Waals surface area contributed by atoms with Crippen molar-refractivity contribution in [3.63, 3.8) is 0 Å². The Labute approximate surface area is 122 Å². The molecule has 6 nitrogen and oxygen atoms in total. The molecule has 1 fully saturated rings. The van der Waals surface area contributed by atoms with Gasteiger partial charge in [0.1, 0.15) is 11.3 Å². The van der Waals surface area contributed by atoms with Crippen LogP contribution in [0.25, 0.3) is 11.2 Å². The number of imidazole rings is 1. The summed E-state index contributed by atoms with van der Waals surface area (Å²) in [4.78, 5) is 33.8. The van der Waals surface area contributed by atoms with Gasteiger partial charge in [0.25, 0.3) is 5.56 Å². The first-order valence-corrected chi connectivity index (χ1v) is 7.90. The van der Waals surface area contributed by atoms with Crippen molar-refractivity contribution in [2.45, 2.75) is 58.4 Å². The van der Waals surface area contributed by atoms with Crippen LogP contribution in [0.2, 0.25) is 0 Å². The zero-order valence-electron chi connectivity index (χ0n) is 12.4. The lowest BCUT2D eigenvalue weighted by molar-refractivity contribution is 0.352. The average molecular weight is 290 g/mol. The highest BCUT2D eigenvalue weighted by Crippen LogP contribution is 2.26. The van der Waals surface area contributed by atoms with Crippen LogP contribution < -0.4 is 11.2 Å². The van der Waals surface area contributed by atoms with Gasteiger partial charge >= 0.3 is 5.69 Å². The third-order valence-electron chi connectivity index (χ3n) is 4.34. The van der Waals surface area contributed by atoms with E-state index in [1.54, 1.807) is 4.57 Å². The lowest BCUT2D eigenvalue weighted by atomic mass is 9.87. The highest BCUT2D eigenvalue weighted by molar-refractivity contribution is 5.69. The summed E-state index contributed by atoms with van der Waals surface area (Å²) in [5.74, 6) is 1.47. The number of aromatic nitrogens is 4. The monoisotopic (exact) mass is 290 g/mol. The van der Waals surface area contributed by atoms with Crippen molar-refractivity contribution in [3.8, 4) is 0 Å². The molecule has 2 aromatic rings. The minimum atomic E-state index is -0.371. The zero-order valence-corrected chi connectivity index (χ0v) is 12.4. The second-order valence-electron chi connectivity index (χ2n) is 6.00. The molecule has 0 saturated heterocycles. The molecular weight excluding hydrogens is 268 g/mol. The topological polar surface area (TPSA) is 83.5 Å². The number of H-pyrrole nitrogens is 2. The van der Waals surface area contributed by atoms with Crippen LogP contribution in [0.1, 0.15) is 51.3 Å². The summed E-state index contributed by atoms with van der Waals surface area (Å²) in [6.07, 6.45) is 8.05. The summed E-state index contributed by atoms with van der Waals surface area (Å²) < 4.78 is 1.55. The van der Waals surface area contributed by atoms with Gasteiger partial charge in [0.15, 0.2) is 5.65 Å². The lowest BCUT2D eigenvalue weighted by Gasteiger charge is -2.20. The molecule has 1 aliphatic rings. The van der Waals surface area contributed by atoms with Crippen LogP contribution >= 0.6 is 0 Å². The molecular formula is C15H22N4O2. The molecule has 2 heterocycles. The first-order chi connectivity index (χ1) is 10.2. The number of nitrogens with zero attached hydrogens (tertiary/aromatic N) is 2. The summed E-state index contributed by atoms with van der Waals surface area (Å²) in [5.41, 5.74) is 0.181. The van der Waals surface area contributed by atoms with Crippen molar-refractivity contribution in [2.24, 2.45) is 5.92 Å². The van der Waals surface area contributed by atoms with E-state index in [1.807, 2.05) is 6.92 Å². The van der Waals surface area contributed by atoms with Gasteiger partial charge in [-0.05, 0) is 12.3 Å². The molecule has 3 rings (SSSR count). The molecule has 0 radical (unpaired) electrons. The average Bonchev–Trinajstić information content (AvgIpc) is 2.89. The number of rotatable bonds is 4. The highest BCUT2D eigenvalue weighted by atomic mass is 16.2. The van der Waals surface area contributed by atoms with Gasteiger partial charge in [-0.3, -0.25) is 14.3 Å². The molecule has 0 aliphatic heterocycles. The van der Waals surface area contributed by atoms with Gasteiger partial charge in [0.2, 0.25) is 0 Å². The summed E-state index contributed by atoms with van der Waals surface area (Å²) in [6.45, 7) is 2.57. The van der Waals surface area contributed by atoms with E-state index in [0.717, 1.165) is 18.7 Å². The molecule has 0 amide bonds. The molecule has 0 atom stereocenters. The predicted octanol–water partition coefficient (Wildman–Crippen LogP) is 1.95. The maximum Gasteiger partial charge on any atom is 0.330 e. The second kappa shape index (κ2) is 5.87. The van der Waals surface area contributed by atoms with Gasteiger partial charge in [0, 0.05) is 13.0 Å². The summed E-state index contributed by atoms with van der Waals surface area (Å²) in [7, 11) is 0. The number of aromatic amines is 2. The highest BCUT2D eigenvalue weighted by Gasteiger charge is 2.18. The fourth-order valence-electron chi connectivity index (χ4n) is 3.28. The Kier molecular flexibility index (Phi) is 3.94. The van der Waals surface area contributed by atoms with E-state index >= 15 is 0 Å². The van der Waals surface area contributed by atoms with Crippen LogP contribution in [-0.4, -0.2) is 19.5 Å².